The number of amides is 1. The van der Waals surface area contributed by atoms with Crippen LogP contribution in [0.5, 0.6) is 0 Å². The van der Waals surface area contributed by atoms with Crippen LogP contribution in [0.1, 0.15) is 36.1 Å². The van der Waals surface area contributed by atoms with Crippen molar-refractivity contribution < 1.29 is 9.37 Å². The van der Waals surface area contributed by atoms with Crippen LogP contribution in [0.15, 0.2) is 60.7 Å². The van der Waals surface area contributed by atoms with Crippen molar-refractivity contribution in [2.45, 2.75) is 31.0 Å². The SMILES string of the molecule is C[N+]1=CN(C[C@@H]2CCC(=O)N2)[C@@H](c2ccccc2)[C@@H]1c1ccccc1. The average molecular weight is 334 g/mol. The van der Waals surface area contributed by atoms with E-state index in [1.54, 1.807) is 0 Å². The molecule has 2 aromatic rings. The Morgan fingerprint density at radius 1 is 1.04 bits per heavy atom. The summed E-state index contributed by atoms with van der Waals surface area (Å²) in [5.74, 6) is 0.174. The first-order valence-corrected chi connectivity index (χ1v) is 8.94. The van der Waals surface area contributed by atoms with Gasteiger partial charge < -0.3 is 5.32 Å². The summed E-state index contributed by atoms with van der Waals surface area (Å²) in [5, 5.41) is 3.10. The highest BCUT2D eigenvalue weighted by atomic mass is 16.1. The minimum atomic E-state index is 0.174. The lowest BCUT2D eigenvalue weighted by Gasteiger charge is -2.25. The van der Waals surface area contributed by atoms with Gasteiger partial charge in [0, 0.05) is 17.5 Å². The van der Waals surface area contributed by atoms with Gasteiger partial charge in [-0.25, -0.2) is 0 Å². The lowest BCUT2D eigenvalue weighted by atomic mass is 9.93. The van der Waals surface area contributed by atoms with Gasteiger partial charge in [0.15, 0.2) is 12.1 Å². The molecule has 0 bridgehead atoms. The summed E-state index contributed by atoms with van der Waals surface area (Å²) in [4.78, 5) is 14.0. The van der Waals surface area contributed by atoms with Gasteiger partial charge in [0.2, 0.25) is 12.2 Å². The second-order valence-corrected chi connectivity index (χ2v) is 6.99. The summed E-state index contributed by atoms with van der Waals surface area (Å²) in [7, 11) is 2.14. The molecule has 0 radical (unpaired) electrons. The second-order valence-electron chi connectivity index (χ2n) is 6.99. The topological polar surface area (TPSA) is 35.4 Å². The fourth-order valence-electron chi connectivity index (χ4n) is 4.10. The number of nitrogens with one attached hydrogen (secondary N) is 1. The minimum Gasteiger partial charge on any atom is -0.349 e. The van der Waals surface area contributed by atoms with E-state index >= 15 is 0 Å². The Kier molecular flexibility index (Phi) is 4.26. The van der Waals surface area contributed by atoms with Gasteiger partial charge in [-0.15, -0.1) is 0 Å². The standard InChI is InChI=1S/C21H23N3O/c1-23-15-24(14-18-12-13-19(25)22-18)21(17-10-6-3-7-11-17)20(23)16-8-4-2-5-9-16/h2-11,15,18,20-21H,12-14H2,1H3/p+1/t18-,20-,21-/m0/s1. The Morgan fingerprint density at radius 3 is 2.28 bits per heavy atom. The van der Waals surface area contributed by atoms with Gasteiger partial charge in [-0.1, -0.05) is 60.7 Å². The summed E-state index contributed by atoms with van der Waals surface area (Å²) >= 11 is 0. The van der Waals surface area contributed by atoms with Crippen molar-refractivity contribution in [1.29, 1.82) is 0 Å². The third-order valence-corrected chi connectivity index (χ3v) is 5.22. The molecule has 0 aromatic heterocycles. The Bertz CT molecular complexity index is 772. The number of nitrogens with zero attached hydrogens (tertiary/aromatic N) is 2. The smallest absolute Gasteiger partial charge is 0.235 e. The van der Waals surface area contributed by atoms with Gasteiger partial charge in [-0.2, -0.15) is 0 Å². The predicted octanol–water partition coefficient (Wildman–Crippen LogP) is 2.73. The van der Waals surface area contributed by atoms with Crippen LogP contribution in [0.25, 0.3) is 0 Å². The maximum atomic E-state index is 11.6. The number of benzene rings is 2. The third-order valence-electron chi connectivity index (χ3n) is 5.22. The Labute approximate surface area is 148 Å². The zero-order valence-corrected chi connectivity index (χ0v) is 14.5. The first-order valence-electron chi connectivity index (χ1n) is 8.94. The van der Waals surface area contributed by atoms with E-state index in [1.165, 1.54) is 11.1 Å². The van der Waals surface area contributed by atoms with Crippen molar-refractivity contribution in [3.8, 4) is 0 Å². The van der Waals surface area contributed by atoms with Crippen LogP contribution in [-0.2, 0) is 4.79 Å². The van der Waals surface area contributed by atoms with E-state index in [1.807, 2.05) is 0 Å². The highest BCUT2D eigenvalue weighted by molar-refractivity contribution is 5.78. The molecule has 25 heavy (non-hydrogen) atoms. The van der Waals surface area contributed by atoms with Gasteiger partial charge in [0.1, 0.15) is 6.54 Å². The molecule has 0 saturated carbocycles. The molecular formula is C21H24N3O+. The summed E-state index contributed by atoms with van der Waals surface area (Å²) in [6.45, 7) is 0.846. The molecule has 1 saturated heterocycles. The van der Waals surface area contributed by atoms with Gasteiger partial charge >= 0.3 is 0 Å². The maximum absolute atomic E-state index is 11.6. The molecule has 4 heteroatoms. The van der Waals surface area contributed by atoms with E-state index < -0.39 is 0 Å². The zero-order valence-electron chi connectivity index (χ0n) is 14.5. The van der Waals surface area contributed by atoms with Crippen molar-refractivity contribution in [3.05, 3.63) is 71.8 Å². The van der Waals surface area contributed by atoms with Crippen molar-refractivity contribution >= 4 is 12.2 Å². The lowest BCUT2D eigenvalue weighted by molar-refractivity contribution is -0.534. The number of hydrogen-bond donors (Lipinski definition) is 1. The van der Waals surface area contributed by atoms with E-state index in [0.717, 1.165) is 13.0 Å². The van der Waals surface area contributed by atoms with E-state index in [-0.39, 0.29) is 24.0 Å². The quantitative estimate of drug-likeness (QED) is 0.873. The molecule has 1 fully saturated rings. The molecule has 128 valence electrons. The van der Waals surface area contributed by atoms with Crippen LogP contribution in [0.3, 0.4) is 0 Å². The van der Waals surface area contributed by atoms with Gasteiger partial charge in [-0.05, 0) is 6.42 Å². The maximum Gasteiger partial charge on any atom is 0.235 e. The first-order chi connectivity index (χ1) is 12.2. The second kappa shape index (κ2) is 6.71. The van der Waals surface area contributed by atoms with E-state index in [0.29, 0.717) is 6.42 Å². The molecular weight excluding hydrogens is 310 g/mol. The molecule has 1 N–H and O–H groups in total. The highest BCUT2D eigenvalue weighted by Crippen LogP contribution is 2.39. The molecule has 0 unspecified atom stereocenters. The van der Waals surface area contributed by atoms with E-state index in [4.69, 9.17) is 0 Å². The number of rotatable bonds is 4. The van der Waals surface area contributed by atoms with Crippen LogP contribution in [0.2, 0.25) is 0 Å². The van der Waals surface area contributed by atoms with E-state index in [9.17, 15) is 4.79 Å². The molecule has 2 aromatic carbocycles. The van der Waals surface area contributed by atoms with Crippen LogP contribution < -0.4 is 5.32 Å². The molecule has 2 heterocycles. The largest absolute Gasteiger partial charge is 0.349 e. The lowest BCUT2D eigenvalue weighted by Crippen LogP contribution is -2.39. The number of hydrogen-bond acceptors (Lipinski definition) is 2. The molecule has 4 rings (SSSR count). The average Bonchev–Trinajstić information content (AvgIpc) is 3.19. The predicted molar refractivity (Wildman–Crippen MR) is 98.5 cm³/mol. The van der Waals surface area contributed by atoms with Gasteiger partial charge in [0.05, 0.1) is 13.1 Å². The van der Waals surface area contributed by atoms with Crippen LogP contribution >= 0.6 is 0 Å². The summed E-state index contributed by atoms with van der Waals surface area (Å²) < 4.78 is 2.30. The molecule has 0 aliphatic carbocycles. The molecule has 2 aliphatic heterocycles. The monoisotopic (exact) mass is 334 g/mol. The minimum absolute atomic E-state index is 0.174. The highest BCUT2D eigenvalue weighted by Gasteiger charge is 2.43. The van der Waals surface area contributed by atoms with Crippen molar-refractivity contribution in [2.75, 3.05) is 13.6 Å². The van der Waals surface area contributed by atoms with Crippen molar-refractivity contribution in [3.63, 3.8) is 0 Å². The summed E-state index contributed by atoms with van der Waals surface area (Å²) in [6.07, 6.45) is 3.77. The normalized spacial score (nSPS) is 25.8. The van der Waals surface area contributed by atoms with Crippen LogP contribution in [-0.4, -0.2) is 41.4 Å². The van der Waals surface area contributed by atoms with Gasteiger partial charge in [0.25, 0.3) is 0 Å². The van der Waals surface area contributed by atoms with Crippen LogP contribution in [0, 0.1) is 0 Å². The molecule has 2 aliphatic rings. The van der Waals surface area contributed by atoms with E-state index in [2.05, 4.69) is 88.8 Å². The zero-order chi connectivity index (χ0) is 17.2. The van der Waals surface area contributed by atoms with Crippen molar-refractivity contribution in [1.82, 2.24) is 10.2 Å². The third kappa shape index (κ3) is 3.16. The Balaban J connectivity index is 1.67. The van der Waals surface area contributed by atoms with Crippen molar-refractivity contribution in [2.24, 2.45) is 0 Å². The Hall–Kier alpha value is -2.62. The molecule has 1 amide bonds. The number of carbonyl (C=O) groups is 1. The van der Waals surface area contributed by atoms with Gasteiger partial charge in [-0.3, -0.25) is 14.3 Å². The first kappa shape index (κ1) is 15.9. The Morgan fingerprint density at radius 2 is 1.68 bits per heavy atom. The fourth-order valence-corrected chi connectivity index (χ4v) is 4.10. The molecule has 3 atom stereocenters. The molecule has 4 nitrogen and oxygen atoms in total. The fraction of sp³-hybridized carbons (Fsp3) is 0.333. The summed E-state index contributed by atoms with van der Waals surface area (Å²) in [5.41, 5.74) is 2.62. The molecule has 0 spiro atoms. The van der Waals surface area contributed by atoms with Crippen LogP contribution in [0.4, 0.5) is 0 Å². The number of likely N-dealkylation sites (N-methyl/N-ethyl adjacent to an activating group) is 1. The summed E-state index contributed by atoms with van der Waals surface area (Å²) in [6, 6.07) is 22.1. The number of carbonyl (C=O) groups excluding carboxylic acids is 1.